The second-order valence-corrected chi connectivity index (χ2v) is 6.99. The Hall–Kier alpha value is -2.30. The summed E-state index contributed by atoms with van der Waals surface area (Å²) >= 11 is 0. The largest absolute Gasteiger partial charge is 0.507 e. The van der Waals surface area contributed by atoms with E-state index >= 15 is 0 Å². The summed E-state index contributed by atoms with van der Waals surface area (Å²) in [5.41, 5.74) is 1.19. The molecule has 0 bridgehead atoms. The van der Waals surface area contributed by atoms with Crippen LogP contribution >= 0.6 is 12.4 Å². The summed E-state index contributed by atoms with van der Waals surface area (Å²) in [5.74, 6) is 0.516. The molecular weight excluding hydrogens is 374 g/mol. The number of imidazole rings is 1. The van der Waals surface area contributed by atoms with E-state index in [0.29, 0.717) is 17.1 Å². The minimum absolute atomic E-state index is 0. The van der Waals surface area contributed by atoms with E-state index in [0.717, 1.165) is 4.31 Å². The molecule has 0 radical (unpaired) electrons. The fourth-order valence-corrected chi connectivity index (χ4v) is 4.00. The van der Waals surface area contributed by atoms with Crippen molar-refractivity contribution in [3.63, 3.8) is 0 Å². The number of sulfonamides is 1. The summed E-state index contributed by atoms with van der Waals surface area (Å²) < 4.78 is 36.6. The molecule has 2 heterocycles. The van der Waals surface area contributed by atoms with Crippen LogP contribution in [-0.2, 0) is 27.7 Å². The number of rotatable bonds is 4. The van der Waals surface area contributed by atoms with Crippen LogP contribution in [0.4, 0.5) is 4.79 Å². The zero-order chi connectivity index (χ0) is 17.3. The number of carbonyl (C=O) groups is 1. The van der Waals surface area contributed by atoms with Gasteiger partial charge in [0.2, 0.25) is 10.0 Å². The van der Waals surface area contributed by atoms with Crippen LogP contribution < -0.4 is 4.74 Å². The number of benzene rings is 1. The molecule has 2 N–H and O–H groups in total. The molecule has 0 amide bonds. The number of hydrogen-bond donors (Lipinski definition) is 2. The van der Waals surface area contributed by atoms with Gasteiger partial charge in [0.15, 0.2) is 6.23 Å². The fourth-order valence-electron chi connectivity index (χ4n) is 2.53. The van der Waals surface area contributed by atoms with E-state index in [1.54, 1.807) is 0 Å². The number of nitrogens with one attached hydrogen (secondary N) is 1. The van der Waals surface area contributed by atoms with Crippen molar-refractivity contribution in [1.82, 2.24) is 14.3 Å². The van der Waals surface area contributed by atoms with Gasteiger partial charge in [-0.15, -0.1) is 12.4 Å². The predicted octanol–water partition coefficient (Wildman–Crippen LogP) is 1.61. The minimum Gasteiger partial charge on any atom is -0.497 e. The Morgan fingerprint density at radius 1 is 1.36 bits per heavy atom. The summed E-state index contributed by atoms with van der Waals surface area (Å²) in [6, 6.07) is 5.83. The van der Waals surface area contributed by atoms with Crippen molar-refractivity contribution in [3.8, 4) is 5.75 Å². The predicted molar refractivity (Wildman–Crippen MR) is 88.2 cm³/mol. The van der Waals surface area contributed by atoms with Crippen LogP contribution in [0, 0.1) is 0 Å². The first-order chi connectivity index (χ1) is 11.4. The third kappa shape index (κ3) is 3.70. The molecule has 1 aromatic carbocycles. The number of ether oxygens (including phenoxy) is 2. The van der Waals surface area contributed by atoms with Gasteiger partial charge in [-0.05, 0) is 24.3 Å². The molecule has 0 saturated heterocycles. The molecule has 1 aliphatic heterocycles. The molecule has 25 heavy (non-hydrogen) atoms. The molecule has 1 aliphatic rings. The van der Waals surface area contributed by atoms with Crippen LogP contribution in [0.5, 0.6) is 5.75 Å². The Morgan fingerprint density at radius 3 is 2.64 bits per heavy atom. The van der Waals surface area contributed by atoms with Gasteiger partial charge in [0, 0.05) is 6.42 Å². The first kappa shape index (κ1) is 19.0. The maximum Gasteiger partial charge on any atom is 0.507 e. The van der Waals surface area contributed by atoms with E-state index in [-0.39, 0.29) is 30.3 Å². The van der Waals surface area contributed by atoms with Crippen molar-refractivity contribution in [2.75, 3.05) is 7.11 Å². The van der Waals surface area contributed by atoms with E-state index in [1.165, 1.54) is 37.7 Å². The monoisotopic (exact) mass is 389 g/mol. The van der Waals surface area contributed by atoms with Gasteiger partial charge in [0.1, 0.15) is 5.75 Å². The van der Waals surface area contributed by atoms with E-state index in [1.807, 2.05) is 0 Å². The number of methoxy groups -OCH3 is 1. The Balaban J connectivity index is 0.00000225. The van der Waals surface area contributed by atoms with Crippen molar-refractivity contribution in [2.24, 2.45) is 0 Å². The number of fused-ring (bicyclic) bond motifs is 1. The normalized spacial score (nSPS) is 17.2. The Bertz CT molecular complexity index is 852. The molecule has 3 rings (SSSR count). The van der Waals surface area contributed by atoms with Gasteiger partial charge in [-0.25, -0.2) is 18.2 Å². The summed E-state index contributed by atoms with van der Waals surface area (Å²) in [4.78, 5) is 17.9. The highest BCUT2D eigenvalue weighted by atomic mass is 35.5. The van der Waals surface area contributed by atoms with E-state index < -0.39 is 22.4 Å². The first-order valence-electron chi connectivity index (χ1n) is 6.98. The lowest BCUT2D eigenvalue weighted by Crippen LogP contribution is -2.46. The van der Waals surface area contributed by atoms with E-state index in [2.05, 4.69) is 9.97 Å². The molecule has 0 fully saturated rings. The quantitative estimate of drug-likeness (QED) is 0.761. The van der Waals surface area contributed by atoms with Gasteiger partial charge in [0.25, 0.3) is 0 Å². The molecule has 0 spiro atoms. The molecule has 11 heteroatoms. The van der Waals surface area contributed by atoms with E-state index in [9.17, 15) is 13.2 Å². The molecule has 1 aromatic heterocycles. The molecule has 0 aliphatic carbocycles. The van der Waals surface area contributed by atoms with Gasteiger partial charge in [-0.3, -0.25) is 0 Å². The Morgan fingerprint density at radius 2 is 2.04 bits per heavy atom. The topological polar surface area (TPSA) is 122 Å². The van der Waals surface area contributed by atoms with Crippen molar-refractivity contribution in [1.29, 1.82) is 0 Å². The average molecular weight is 390 g/mol. The number of hydrogen-bond acceptors (Lipinski definition) is 6. The van der Waals surface area contributed by atoms with Crippen molar-refractivity contribution >= 4 is 28.6 Å². The van der Waals surface area contributed by atoms with Crippen LogP contribution in [0.15, 0.2) is 35.5 Å². The van der Waals surface area contributed by atoms with Crippen LogP contribution in [0.1, 0.15) is 11.4 Å². The zero-order valence-electron chi connectivity index (χ0n) is 13.1. The van der Waals surface area contributed by atoms with Crippen molar-refractivity contribution in [2.45, 2.75) is 24.1 Å². The van der Waals surface area contributed by atoms with Gasteiger partial charge in [-0.1, -0.05) is 0 Å². The Labute approximate surface area is 150 Å². The molecule has 0 unspecified atom stereocenters. The van der Waals surface area contributed by atoms with Crippen molar-refractivity contribution < 1.29 is 27.8 Å². The Kier molecular flexibility index (Phi) is 5.55. The highest BCUT2D eigenvalue weighted by Crippen LogP contribution is 2.28. The van der Waals surface area contributed by atoms with Crippen LogP contribution in [0.25, 0.3) is 0 Å². The summed E-state index contributed by atoms with van der Waals surface area (Å²) in [6.45, 7) is -0.0539. The smallest absolute Gasteiger partial charge is 0.497 e. The lowest BCUT2D eigenvalue weighted by atomic mass is 10.1. The van der Waals surface area contributed by atoms with Crippen molar-refractivity contribution in [3.05, 3.63) is 42.0 Å². The maximum absolute atomic E-state index is 12.9. The molecular formula is C14H16ClN3O6S. The highest BCUT2D eigenvalue weighted by Gasteiger charge is 2.39. The number of nitrogens with zero attached hydrogens (tertiary/aromatic N) is 2. The average Bonchev–Trinajstić information content (AvgIpc) is 3.01. The second kappa shape index (κ2) is 7.30. The summed E-state index contributed by atoms with van der Waals surface area (Å²) in [7, 11) is -2.48. The zero-order valence-corrected chi connectivity index (χ0v) is 14.7. The highest BCUT2D eigenvalue weighted by molar-refractivity contribution is 7.89. The first-order valence-corrected chi connectivity index (χ1v) is 8.42. The summed E-state index contributed by atoms with van der Waals surface area (Å²) in [5, 5.41) is 8.90. The number of aromatic nitrogens is 2. The third-order valence-electron chi connectivity index (χ3n) is 3.71. The van der Waals surface area contributed by atoms with Crippen LogP contribution in [0.3, 0.4) is 0 Å². The number of carboxylic acid groups (broad SMARTS) is 1. The van der Waals surface area contributed by atoms with Gasteiger partial charge in [0.05, 0.1) is 36.3 Å². The number of halogens is 1. The molecule has 0 saturated carbocycles. The minimum atomic E-state index is -3.96. The van der Waals surface area contributed by atoms with Gasteiger partial charge >= 0.3 is 6.16 Å². The number of H-pyrrole nitrogens is 1. The van der Waals surface area contributed by atoms with Crippen LogP contribution in [0.2, 0.25) is 0 Å². The third-order valence-corrected chi connectivity index (χ3v) is 5.56. The van der Waals surface area contributed by atoms with Gasteiger partial charge < -0.3 is 19.6 Å². The SMILES string of the molecule is COc1ccc(S(=O)(=O)N2Cc3[nH]cnc3C[C@H]2OC(=O)O)cc1.Cl. The standard InChI is InChI=1S/C14H15N3O6S.ClH/c1-22-9-2-4-10(5-3-9)24(20,21)17-7-12-11(15-8-16-12)6-13(17)23-14(18)19;/h2-5,8,13H,6-7H2,1H3,(H,15,16)(H,18,19);1H/t13-;/m1./s1. The molecule has 1 atom stereocenters. The van der Waals surface area contributed by atoms with Crippen LogP contribution in [-0.4, -0.2) is 47.3 Å². The van der Waals surface area contributed by atoms with E-state index in [4.69, 9.17) is 14.6 Å². The summed E-state index contributed by atoms with van der Waals surface area (Å²) in [6.07, 6.45) is -1.24. The second-order valence-electron chi connectivity index (χ2n) is 5.10. The maximum atomic E-state index is 12.9. The lowest BCUT2D eigenvalue weighted by molar-refractivity contribution is -0.00753. The van der Waals surface area contributed by atoms with Gasteiger partial charge in [-0.2, -0.15) is 4.31 Å². The number of aromatic amines is 1. The molecule has 136 valence electrons. The molecule has 9 nitrogen and oxygen atoms in total. The fraction of sp³-hybridized carbons (Fsp3) is 0.286. The lowest BCUT2D eigenvalue weighted by Gasteiger charge is -2.32. The molecule has 2 aromatic rings.